The lowest BCUT2D eigenvalue weighted by Crippen LogP contribution is -2.44. The number of carbonyl (C=O) groups excluding carboxylic acids is 1. The van der Waals surface area contributed by atoms with Gasteiger partial charge in [0.05, 0.1) is 23.3 Å². The monoisotopic (exact) mass is 373 g/mol. The summed E-state index contributed by atoms with van der Waals surface area (Å²) in [6.07, 6.45) is 6.08. The lowest BCUT2D eigenvalue weighted by atomic mass is 9.93. The molecule has 1 atom stereocenters. The molecule has 0 aliphatic carbocycles. The maximum absolute atomic E-state index is 13.4. The number of H-pyrrole nitrogens is 1. The van der Waals surface area contributed by atoms with Crippen molar-refractivity contribution in [1.82, 2.24) is 24.5 Å². The Morgan fingerprint density at radius 1 is 1.29 bits per heavy atom. The van der Waals surface area contributed by atoms with Gasteiger partial charge in [-0.2, -0.15) is 5.10 Å². The summed E-state index contributed by atoms with van der Waals surface area (Å²) in [4.78, 5) is 23.1. The summed E-state index contributed by atoms with van der Waals surface area (Å²) in [7, 11) is 0. The van der Waals surface area contributed by atoms with Crippen molar-refractivity contribution in [3.63, 3.8) is 0 Å². The van der Waals surface area contributed by atoms with E-state index in [2.05, 4.69) is 28.1 Å². The van der Waals surface area contributed by atoms with Crippen molar-refractivity contribution >= 4 is 22.5 Å². The van der Waals surface area contributed by atoms with Crippen LogP contribution in [-0.4, -0.2) is 36.9 Å². The Labute approximate surface area is 163 Å². The van der Waals surface area contributed by atoms with Crippen molar-refractivity contribution in [2.24, 2.45) is 0 Å². The molecule has 0 saturated carbocycles. The average Bonchev–Trinajstić information content (AvgIpc) is 3.38. The second kappa shape index (κ2) is 6.19. The highest BCUT2D eigenvalue weighted by molar-refractivity contribution is 5.89. The summed E-state index contributed by atoms with van der Waals surface area (Å²) in [6.45, 7) is 4.88. The van der Waals surface area contributed by atoms with Gasteiger partial charge in [-0.3, -0.25) is 4.79 Å². The van der Waals surface area contributed by atoms with Crippen LogP contribution in [0.25, 0.3) is 16.6 Å². The van der Waals surface area contributed by atoms with Crippen LogP contribution in [0.3, 0.4) is 0 Å². The number of hydrogen-bond acceptors (Lipinski definition) is 3. The van der Waals surface area contributed by atoms with Crippen LogP contribution in [0.15, 0.2) is 48.8 Å². The van der Waals surface area contributed by atoms with Gasteiger partial charge in [0.1, 0.15) is 0 Å². The third-order valence-electron chi connectivity index (χ3n) is 5.99. The Morgan fingerprint density at radius 2 is 2.14 bits per heavy atom. The fraction of sp³-hybridized carbons (Fsp3) is 0.318. The quantitative estimate of drug-likeness (QED) is 0.597. The van der Waals surface area contributed by atoms with Gasteiger partial charge in [-0.1, -0.05) is 18.2 Å². The van der Waals surface area contributed by atoms with E-state index in [0.29, 0.717) is 6.42 Å². The molecule has 28 heavy (non-hydrogen) atoms. The van der Waals surface area contributed by atoms with Gasteiger partial charge in [-0.15, -0.1) is 0 Å². The van der Waals surface area contributed by atoms with Crippen molar-refractivity contribution in [1.29, 1.82) is 0 Å². The number of benzene rings is 1. The second-order valence-corrected chi connectivity index (χ2v) is 7.84. The highest BCUT2D eigenvalue weighted by atomic mass is 16.2. The number of rotatable bonds is 3. The third-order valence-corrected chi connectivity index (χ3v) is 5.99. The molecule has 1 aromatic carbocycles. The Hall–Kier alpha value is -3.15. The van der Waals surface area contributed by atoms with Crippen molar-refractivity contribution in [2.75, 3.05) is 6.54 Å². The third kappa shape index (κ3) is 2.52. The van der Waals surface area contributed by atoms with E-state index >= 15 is 0 Å². The number of fused-ring (bicyclic) bond motifs is 2. The zero-order valence-corrected chi connectivity index (χ0v) is 16.1. The highest BCUT2D eigenvalue weighted by Crippen LogP contribution is 2.39. The van der Waals surface area contributed by atoms with E-state index in [1.165, 1.54) is 0 Å². The molecule has 1 aliphatic rings. The van der Waals surface area contributed by atoms with Crippen molar-refractivity contribution < 1.29 is 4.79 Å². The van der Waals surface area contributed by atoms with Crippen LogP contribution in [0.4, 0.5) is 0 Å². The molecule has 1 fully saturated rings. The zero-order chi connectivity index (χ0) is 19.3. The normalized spacial score (nSPS) is 19.7. The van der Waals surface area contributed by atoms with Gasteiger partial charge in [-0.05, 0) is 44.4 Å². The predicted molar refractivity (Wildman–Crippen MR) is 108 cm³/mol. The SMILES string of the molecule is Cc1cc2nccc([C@]3(C)CCCN3C(=O)Cc3c[nH]c4ccccc34)n2n1. The number of aryl methyl sites for hydroxylation is 1. The van der Waals surface area contributed by atoms with Crippen molar-refractivity contribution in [3.8, 4) is 0 Å². The largest absolute Gasteiger partial charge is 0.361 e. The molecule has 5 rings (SSSR count). The lowest BCUT2D eigenvalue weighted by Gasteiger charge is -2.35. The minimum atomic E-state index is -0.386. The first-order valence-corrected chi connectivity index (χ1v) is 9.73. The standard InChI is InChI=1S/C22H23N5O/c1-15-12-20-23-10-8-19(27(20)25-15)22(2)9-5-11-26(22)21(28)13-16-14-24-18-7-4-3-6-17(16)18/h3-4,6-8,10,12,14,24H,5,9,11,13H2,1-2H3/t22-/m0/s1. The van der Waals surface area contributed by atoms with Gasteiger partial charge in [0.2, 0.25) is 5.91 Å². The molecule has 6 nitrogen and oxygen atoms in total. The van der Waals surface area contributed by atoms with Crippen molar-refractivity contribution in [3.05, 3.63) is 65.7 Å². The number of aromatic nitrogens is 4. The Kier molecular flexibility index (Phi) is 3.75. The van der Waals surface area contributed by atoms with Crippen LogP contribution in [0.2, 0.25) is 0 Å². The number of nitrogens with one attached hydrogen (secondary N) is 1. The molecule has 0 bridgehead atoms. The van der Waals surface area contributed by atoms with E-state index in [0.717, 1.165) is 52.9 Å². The molecule has 4 aromatic rings. The van der Waals surface area contributed by atoms with Crippen molar-refractivity contribution in [2.45, 2.75) is 38.6 Å². The van der Waals surface area contributed by atoms with Gasteiger partial charge in [-0.25, -0.2) is 9.50 Å². The Bertz CT molecular complexity index is 1190. The first kappa shape index (κ1) is 17.0. The van der Waals surface area contributed by atoms with Crippen LogP contribution in [-0.2, 0) is 16.8 Å². The molecule has 0 unspecified atom stereocenters. The number of likely N-dealkylation sites (tertiary alicyclic amines) is 1. The molecule has 0 spiro atoms. The number of hydrogen-bond donors (Lipinski definition) is 1. The number of nitrogens with zero attached hydrogens (tertiary/aromatic N) is 4. The first-order chi connectivity index (χ1) is 13.6. The summed E-state index contributed by atoms with van der Waals surface area (Å²) in [5, 5.41) is 5.74. The van der Waals surface area contributed by atoms with Crippen LogP contribution in [0, 0.1) is 6.92 Å². The van der Waals surface area contributed by atoms with E-state index in [1.807, 2.05) is 59.1 Å². The number of aromatic amines is 1. The van der Waals surface area contributed by atoms with Crippen LogP contribution in [0.5, 0.6) is 0 Å². The van der Waals surface area contributed by atoms with Gasteiger partial charge in [0.15, 0.2) is 5.65 Å². The summed E-state index contributed by atoms with van der Waals surface area (Å²) in [5.74, 6) is 0.151. The molecule has 1 saturated heterocycles. The topological polar surface area (TPSA) is 66.3 Å². The molecule has 3 aromatic heterocycles. The van der Waals surface area contributed by atoms with Gasteiger partial charge in [0, 0.05) is 35.9 Å². The second-order valence-electron chi connectivity index (χ2n) is 7.84. The average molecular weight is 373 g/mol. The molecular weight excluding hydrogens is 350 g/mol. The summed E-state index contributed by atoms with van der Waals surface area (Å²) in [6, 6.07) is 12.1. The van der Waals surface area contributed by atoms with Gasteiger partial charge >= 0.3 is 0 Å². The molecule has 1 aliphatic heterocycles. The fourth-order valence-corrected chi connectivity index (χ4v) is 4.58. The fourth-order valence-electron chi connectivity index (χ4n) is 4.58. The molecule has 1 amide bonds. The predicted octanol–water partition coefficient (Wildman–Crippen LogP) is 3.60. The molecule has 1 N–H and O–H groups in total. The minimum absolute atomic E-state index is 0.151. The maximum atomic E-state index is 13.4. The first-order valence-electron chi connectivity index (χ1n) is 9.73. The van der Waals surface area contributed by atoms with E-state index in [4.69, 9.17) is 0 Å². The maximum Gasteiger partial charge on any atom is 0.227 e. The Balaban J connectivity index is 1.51. The van der Waals surface area contributed by atoms with E-state index < -0.39 is 0 Å². The molecule has 4 heterocycles. The zero-order valence-electron chi connectivity index (χ0n) is 16.1. The number of para-hydroxylation sites is 1. The highest BCUT2D eigenvalue weighted by Gasteiger charge is 2.42. The smallest absolute Gasteiger partial charge is 0.227 e. The van der Waals surface area contributed by atoms with Crippen LogP contribution < -0.4 is 0 Å². The Morgan fingerprint density at radius 3 is 3.04 bits per heavy atom. The van der Waals surface area contributed by atoms with E-state index in [-0.39, 0.29) is 11.4 Å². The lowest BCUT2D eigenvalue weighted by molar-refractivity contribution is -0.134. The minimum Gasteiger partial charge on any atom is -0.361 e. The molecular formula is C22H23N5O. The van der Waals surface area contributed by atoms with Gasteiger partial charge < -0.3 is 9.88 Å². The van der Waals surface area contributed by atoms with Gasteiger partial charge in [0.25, 0.3) is 0 Å². The molecule has 142 valence electrons. The van der Waals surface area contributed by atoms with E-state index in [9.17, 15) is 4.79 Å². The summed E-state index contributed by atoms with van der Waals surface area (Å²) >= 11 is 0. The van der Waals surface area contributed by atoms with Crippen LogP contribution in [0.1, 0.15) is 36.7 Å². The number of carbonyl (C=O) groups is 1. The molecule has 0 radical (unpaired) electrons. The summed E-state index contributed by atoms with van der Waals surface area (Å²) < 4.78 is 1.90. The number of amides is 1. The van der Waals surface area contributed by atoms with E-state index in [1.54, 1.807) is 0 Å². The van der Waals surface area contributed by atoms with Crippen LogP contribution >= 0.6 is 0 Å². The molecule has 6 heteroatoms. The summed E-state index contributed by atoms with van der Waals surface area (Å²) in [5.41, 5.74) is 4.51.